The number of carbonyl (C=O) groups excluding carboxylic acids is 3. The molecule has 1 fully saturated rings. The monoisotopic (exact) mass is 425 g/mol. The van der Waals surface area contributed by atoms with Crippen molar-refractivity contribution in [1.29, 1.82) is 0 Å². The van der Waals surface area contributed by atoms with Crippen LogP contribution in [-0.2, 0) is 27.0 Å². The highest BCUT2D eigenvalue weighted by Crippen LogP contribution is 2.42. The molecule has 2 aromatic rings. The van der Waals surface area contributed by atoms with Crippen LogP contribution in [0.15, 0.2) is 42.5 Å². The smallest absolute Gasteiger partial charge is 0.324 e. The number of nitrogens with zero attached hydrogens (tertiary/aromatic N) is 1. The van der Waals surface area contributed by atoms with E-state index in [0.29, 0.717) is 23.6 Å². The van der Waals surface area contributed by atoms with E-state index in [2.05, 4.69) is 31.4 Å². The minimum absolute atomic E-state index is 0.163. The zero-order chi connectivity index (χ0) is 21.7. The quantitative estimate of drug-likeness (QED) is 0.730. The number of imide groups is 1. The second-order valence-corrected chi connectivity index (χ2v) is 9.31. The van der Waals surface area contributed by atoms with Gasteiger partial charge < -0.3 is 10.6 Å². The standard InChI is InChI=1S/C23H24ClN3O3/c1-22(2,3)17-6-4-5-7-18(17)25-19(28)13-27-20(29)23(26-21(27)30)11-10-14-12-15(24)8-9-16(14)23/h4-9,12H,10-11,13H2,1-3H3,(H,25,28)(H,26,30). The molecule has 2 aromatic carbocycles. The van der Waals surface area contributed by atoms with Gasteiger partial charge in [0.2, 0.25) is 5.91 Å². The van der Waals surface area contributed by atoms with Crippen LogP contribution in [0.1, 0.15) is 43.9 Å². The van der Waals surface area contributed by atoms with Crippen molar-refractivity contribution in [3.8, 4) is 0 Å². The largest absolute Gasteiger partial charge is 0.325 e. The van der Waals surface area contributed by atoms with Crippen molar-refractivity contribution in [2.45, 2.75) is 44.6 Å². The summed E-state index contributed by atoms with van der Waals surface area (Å²) in [6.07, 6.45) is 1.10. The van der Waals surface area contributed by atoms with Gasteiger partial charge in [-0.2, -0.15) is 0 Å². The summed E-state index contributed by atoms with van der Waals surface area (Å²) >= 11 is 6.07. The fourth-order valence-electron chi connectivity index (χ4n) is 4.34. The molecule has 0 radical (unpaired) electrons. The molecule has 2 N–H and O–H groups in total. The van der Waals surface area contributed by atoms with Gasteiger partial charge in [0.1, 0.15) is 12.1 Å². The number of para-hydroxylation sites is 1. The van der Waals surface area contributed by atoms with E-state index in [0.717, 1.165) is 21.6 Å². The second-order valence-electron chi connectivity index (χ2n) is 8.87. The molecule has 1 atom stereocenters. The molecule has 7 heteroatoms. The Morgan fingerprint density at radius 3 is 2.67 bits per heavy atom. The molecule has 1 spiro atoms. The van der Waals surface area contributed by atoms with E-state index in [4.69, 9.17) is 11.6 Å². The third-order valence-electron chi connectivity index (χ3n) is 5.78. The Labute approximate surface area is 180 Å². The molecule has 156 valence electrons. The van der Waals surface area contributed by atoms with Crippen molar-refractivity contribution in [2.24, 2.45) is 0 Å². The lowest BCUT2D eigenvalue weighted by atomic mass is 9.86. The number of urea groups is 1. The summed E-state index contributed by atoms with van der Waals surface area (Å²) in [7, 11) is 0. The molecule has 2 aliphatic rings. The minimum Gasteiger partial charge on any atom is -0.324 e. The van der Waals surface area contributed by atoms with Crippen molar-refractivity contribution in [1.82, 2.24) is 10.2 Å². The fourth-order valence-corrected chi connectivity index (χ4v) is 4.54. The van der Waals surface area contributed by atoms with E-state index in [-0.39, 0.29) is 12.0 Å². The Balaban J connectivity index is 1.54. The van der Waals surface area contributed by atoms with E-state index in [1.807, 2.05) is 30.3 Å². The Hall–Kier alpha value is -2.86. The number of halogens is 1. The Bertz CT molecular complexity index is 1060. The second kappa shape index (κ2) is 7.13. The summed E-state index contributed by atoms with van der Waals surface area (Å²) in [6, 6.07) is 12.3. The number of fused-ring (bicyclic) bond motifs is 2. The molecule has 30 heavy (non-hydrogen) atoms. The number of hydrogen-bond acceptors (Lipinski definition) is 3. The zero-order valence-corrected chi connectivity index (χ0v) is 18.0. The lowest BCUT2D eigenvalue weighted by molar-refractivity contribution is -0.134. The summed E-state index contributed by atoms with van der Waals surface area (Å²) in [4.78, 5) is 39.6. The van der Waals surface area contributed by atoms with Crippen LogP contribution in [0.5, 0.6) is 0 Å². The average molecular weight is 426 g/mol. The lowest BCUT2D eigenvalue weighted by Gasteiger charge is -2.24. The minimum atomic E-state index is -1.11. The maximum absolute atomic E-state index is 13.2. The van der Waals surface area contributed by atoms with Crippen molar-refractivity contribution < 1.29 is 14.4 Å². The summed E-state index contributed by atoms with van der Waals surface area (Å²) in [5.74, 6) is -0.811. The average Bonchev–Trinajstić information content (AvgIpc) is 3.14. The first-order valence-corrected chi connectivity index (χ1v) is 10.3. The molecule has 1 saturated heterocycles. The van der Waals surface area contributed by atoms with Gasteiger partial charge in [-0.25, -0.2) is 4.79 Å². The van der Waals surface area contributed by atoms with E-state index in [1.54, 1.807) is 12.1 Å². The Morgan fingerprint density at radius 2 is 1.93 bits per heavy atom. The molecule has 4 rings (SSSR count). The van der Waals surface area contributed by atoms with Gasteiger partial charge in [0.05, 0.1) is 0 Å². The van der Waals surface area contributed by atoms with Crippen molar-refractivity contribution >= 4 is 35.1 Å². The van der Waals surface area contributed by atoms with Gasteiger partial charge in [0.15, 0.2) is 0 Å². The predicted octanol–water partition coefficient (Wildman–Crippen LogP) is 3.97. The Kier molecular flexibility index (Phi) is 4.85. The molecule has 0 aromatic heterocycles. The molecule has 1 aliphatic carbocycles. The van der Waals surface area contributed by atoms with Crippen LogP contribution in [0.2, 0.25) is 5.02 Å². The van der Waals surface area contributed by atoms with Crippen LogP contribution >= 0.6 is 11.6 Å². The number of aryl methyl sites for hydroxylation is 1. The number of rotatable bonds is 3. The molecule has 6 nitrogen and oxygen atoms in total. The third kappa shape index (κ3) is 3.35. The van der Waals surface area contributed by atoms with Gasteiger partial charge in [-0.05, 0) is 53.1 Å². The summed E-state index contributed by atoms with van der Waals surface area (Å²) < 4.78 is 0. The Morgan fingerprint density at radius 1 is 1.20 bits per heavy atom. The normalized spacial score (nSPS) is 20.5. The molecule has 1 aliphatic heterocycles. The SMILES string of the molecule is CC(C)(C)c1ccccc1NC(=O)CN1C(=O)NC2(CCc3cc(Cl)ccc32)C1=O. The van der Waals surface area contributed by atoms with Crippen molar-refractivity contribution in [2.75, 3.05) is 11.9 Å². The van der Waals surface area contributed by atoms with E-state index in [1.165, 1.54) is 0 Å². The number of nitrogens with one attached hydrogen (secondary N) is 2. The molecule has 1 unspecified atom stereocenters. The molecular formula is C23H24ClN3O3. The number of benzene rings is 2. The summed E-state index contributed by atoms with van der Waals surface area (Å²) in [5, 5.41) is 6.28. The topological polar surface area (TPSA) is 78.5 Å². The van der Waals surface area contributed by atoms with Crippen LogP contribution in [-0.4, -0.2) is 29.3 Å². The van der Waals surface area contributed by atoms with Gasteiger partial charge in [-0.15, -0.1) is 0 Å². The van der Waals surface area contributed by atoms with Crippen LogP contribution in [0, 0.1) is 0 Å². The third-order valence-corrected chi connectivity index (χ3v) is 6.02. The first-order chi connectivity index (χ1) is 14.1. The highest BCUT2D eigenvalue weighted by molar-refractivity contribution is 6.30. The van der Waals surface area contributed by atoms with Gasteiger partial charge in [0, 0.05) is 10.7 Å². The van der Waals surface area contributed by atoms with Gasteiger partial charge in [-0.1, -0.05) is 56.6 Å². The lowest BCUT2D eigenvalue weighted by Crippen LogP contribution is -2.43. The zero-order valence-electron chi connectivity index (χ0n) is 17.2. The van der Waals surface area contributed by atoms with E-state index >= 15 is 0 Å². The van der Waals surface area contributed by atoms with E-state index in [9.17, 15) is 14.4 Å². The van der Waals surface area contributed by atoms with Crippen molar-refractivity contribution in [3.63, 3.8) is 0 Å². The molecular weight excluding hydrogens is 402 g/mol. The number of carbonyl (C=O) groups is 3. The van der Waals surface area contributed by atoms with Crippen LogP contribution < -0.4 is 10.6 Å². The number of amides is 4. The molecule has 1 heterocycles. The molecule has 4 amide bonds. The van der Waals surface area contributed by atoms with Crippen molar-refractivity contribution in [3.05, 3.63) is 64.2 Å². The van der Waals surface area contributed by atoms with E-state index < -0.39 is 23.4 Å². The van der Waals surface area contributed by atoms with Crippen LogP contribution in [0.4, 0.5) is 10.5 Å². The van der Waals surface area contributed by atoms with Gasteiger partial charge in [0.25, 0.3) is 5.91 Å². The molecule has 0 saturated carbocycles. The van der Waals surface area contributed by atoms with Crippen LogP contribution in [0.25, 0.3) is 0 Å². The molecule has 0 bridgehead atoms. The number of hydrogen-bond donors (Lipinski definition) is 2. The number of anilines is 1. The highest BCUT2D eigenvalue weighted by atomic mass is 35.5. The van der Waals surface area contributed by atoms with Gasteiger partial charge >= 0.3 is 6.03 Å². The summed E-state index contributed by atoms with van der Waals surface area (Å²) in [6.45, 7) is 5.84. The fraction of sp³-hybridized carbons (Fsp3) is 0.348. The first-order valence-electron chi connectivity index (χ1n) is 9.94. The van der Waals surface area contributed by atoms with Gasteiger partial charge in [-0.3, -0.25) is 14.5 Å². The maximum Gasteiger partial charge on any atom is 0.325 e. The first kappa shape index (κ1) is 20.4. The maximum atomic E-state index is 13.2. The van der Waals surface area contributed by atoms with Crippen LogP contribution in [0.3, 0.4) is 0 Å². The predicted molar refractivity (Wildman–Crippen MR) is 115 cm³/mol. The highest BCUT2D eigenvalue weighted by Gasteiger charge is 2.55. The summed E-state index contributed by atoms with van der Waals surface area (Å²) in [5.41, 5.74) is 2.09.